The largest absolute Gasteiger partial charge is 0.480 e. The number of rotatable bonds is 5. The fourth-order valence-electron chi connectivity index (χ4n) is 3.10. The summed E-state index contributed by atoms with van der Waals surface area (Å²) in [5, 5.41) is 16.3. The number of hydrogen-bond acceptors (Lipinski definition) is 4. The molecule has 7 nitrogen and oxygen atoms in total. The topological polar surface area (TPSA) is 97.1 Å². The Balaban J connectivity index is 1.69. The van der Waals surface area contributed by atoms with E-state index in [1.54, 1.807) is 23.1 Å². The third kappa shape index (κ3) is 3.45. The molecule has 0 radical (unpaired) electrons. The van der Waals surface area contributed by atoms with Gasteiger partial charge in [-0.05, 0) is 30.5 Å². The number of amides is 1. The van der Waals surface area contributed by atoms with Crippen molar-refractivity contribution in [3.05, 3.63) is 48.0 Å². The van der Waals surface area contributed by atoms with Crippen LogP contribution in [0.25, 0.3) is 0 Å². The lowest BCUT2D eigenvalue weighted by Gasteiger charge is -2.34. The summed E-state index contributed by atoms with van der Waals surface area (Å²) in [7, 11) is 0. The zero-order valence-corrected chi connectivity index (χ0v) is 13.3. The van der Waals surface area contributed by atoms with Crippen LogP contribution in [0.3, 0.4) is 0 Å². The van der Waals surface area contributed by atoms with Gasteiger partial charge in [-0.2, -0.15) is 5.10 Å². The lowest BCUT2D eigenvalue weighted by molar-refractivity contribution is -0.145. The van der Waals surface area contributed by atoms with Crippen molar-refractivity contribution < 1.29 is 14.7 Å². The Morgan fingerprint density at radius 1 is 1.17 bits per heavy atom. The van der Waals surface area contributed by atoms with Crippen LogP contribution in [0.4, 0.5) is 0 Å². The van der Waals surface area contributed by atoms with E-state index < -0.39 is 11.5 Å². The maximum absolute atomic E-state index is 12.4. The molecule has 0 spiro atoms. The molecule has 3 rings (SSSR count). The van der Waals surface area contributed by atoms with Crippen LogP contribution in [-0.4, -0.2) is 37.3 Å². The highest BCUT2D eigenvalue weighted by Gasteiger charge is 2.41. The second-order valence-electron chi connectivity index (χ2n) is 6.19. The number of nitrogens with one attached hydrogen (secondary N) is 1. The summed E-state index contributed by atoms with van der Waals surface area (Å²) in [4.78, 5) is 28.0. The smallest absolute Gasteiger partial charge is 0.329 e. The van der Waals surface area contributed by atoms with Crippen LogP contribution in [0.2, 0.25) is 0 Å². The maximum atomic E-state index is 12.4. The molecule has 7 heteroatoms. The van der Waals surface area contributed by atoms with Gasteiger partial charge < -0.3 is 10.4 Å². The molecule has 0 bridgehead atoms. The van der Waals surface area contributed by atoms with Gasteiger partial charge >= 0.3 is 5.97 Å². The highest BCUT2D eigenvalue weighted by molar-refractivity contribution is 5.97. The minimum atomic E-state index is -1.13. The van der Waals surface area contributed by atoms with Crippen LogP contribution in [0.15, 0.2) is 36.9 Å². The van der Waals surface area contributed by atoms with Crippen LogP contribution < -0.4 is 5.32 Å². The number of hydrogen-bond donors (Lipinski definition) is 2. The van der Waals surface area contributed by atoms with Gasteiger partial charge in [0, 0.05) is 5.56 Å². The predicted molar refractivity (Wildman–Crippen MR) is 86.5 cm³/mol. The quantitative estimate of drug-likeness (QED) is 0.873. The first-order valence-corrected chi connectivity index (χ1v) is 8.06. The van der Waals surface area contributed by atoms with Gasteiger partial charge in [-0.25, -0.2) is 14.5 Å². The van der Waals surface area contributed by atoms with E-state index in [-0.39, 0.29) is 5.91 Å². The van der Waals surface area contributed by atoms with Crippen molar-refractivity contribution in [2.75, 3.05) is 0 Å². The number of benzene rings is 1. The molecule has 1 aliphatic rings. The Hall–Kier alpha value is -2.70. The third-order valence-electron chi connectivity index (χ3n) is 4.50. The van der Waals surface area contributed by atoms with Gasteiger partial charge in [0.1, 0.15) is 18.2 Å². The normalized spacial score (nSPS) is 16.5. The Labute approximate surface area is 139 Å². The van der Waals surface area contributed by atoms with Gasteiger partial charge in [-0.1, -0.05) is 31.4 Å². The second kappa shape index (κ2) is 6.82. The Morgan fingerprint density at radius 3 is 2.46 bits per heavy atom. The van der Waals surface area contributed by atoms with Crippen molar-refractivity contribution in [1.82, 2.24) is 20.1 Å². The van der Waals surface area contributed by atoms with Gasteiger partial charge in [0.25, 0.3) is 5.91 Å². The SMILES string of the molecule is O=C(NC1(C(=O)O)CCCCC1)c1ccc(Cn2cncn2)cc1. The molecular formula is C17H20N4O3. The molecule has 1 aromatic carbocycles. The molecule has 0 saturated heterocycles. The third-order valence-corrected chi connectivity index (χ3v) is 4.50. The van der Waals surface area contributed by atoms with E-state index in [1.807, 2.05) is 12.1 Å². The van der Waals surface area contributed by atoms with Gasteiger partial charge in [0.15, 0.2) is 0 Å². The van der Waals surface area contributed by atoms with E-state index in [4.69, 9.17) is 0 Å². The van der Waals surface area contributed by atoms with Gasteiger partial charge in [0.05, 0.1) is 6.54 Å². The molecule has 0 unspecified atom stereocenters. The molecule has 2 aromatic rings. The Kier molecular flexibility index (Phi) is 4.59. The van der Waals surface area contributed by atoms with Gasteiger partial charge in [0.2, 0.25) is 0 Å². The second-order valence-corrected chi connectivity index (χ2v) is 6.19. The fourth-order valence-corrected chi connectivity index (χ4v) is 3.10. The molecule has 0 atom stereocenters. The molecule has 0 aliphatic heterocycles. The molecule has 1 amide bonds. The molecule has 1 fully saturated rings. The van der Waals surface area contributed by atoms with E-state index in [9.17, 15) is 14.7 Å². The summed E-state index contributed by atoms with van der Waals surface area (Å²) in [5.41, 5.74) is 0.320. The number of aliphatic carboxylic acids is 1. The van der Waals surface area contributed by atoms with Crippen LogP contribution in [0, 0.1) is 0 Å². The van der Waals surface area contributed by atoms with Crippen LogP contribution in [0.5, 0.6) is 0 Å². The van der Waals surface area contributed by atoms with Gasteiger partial charge in [-0.3, -0.25) is 4.79 Å². The monoisotopic (exact) mass is 328 g/mol. The predicted octanol–water partition coefficient (Wildman–Crippen LogP) is 1.84. The van der Waals surface area contributed by atoms with Crippen LogP contribution >= 0.6 is 0 Å². The van der Waals surface area contributed by atoms with E-state index in [1.165, 1.54) is 6.33 Å². The number of carboxylic acid groups (broad SMARTS) is 1. The number of aromatic nitrogens is 3. The fraction of sp³-hybridized carbons (Fsp3) is 0.412. The summed E-state index contributed by atoms with van der Waals surface area (Å²) < 4.78 is 1.69. The number of carboxylic acids is 1. The first-order chi connectivity index (χ1) is 11.6. The molecular weight excluding hydrogens is 308 g/mol. The Bertz CT molecular complexity index is 704. The summed E-state index contributed by atoms with van der Waals surface area (Å²) in [6.07, 6.45) is 6.73. The lowest BCUT2D eigenvalue weighted by atomic mass is 9.81. The van der Waals surface area contributed by atoms with Crippen molar-refractivity contribution in [2.45, 2.75) is 44.2 Å². The highest BCUT2D eigenvalue weighted by atomic mass is 16.4. The number of carbonyl (C=O) groups is 2. The van der Waals surface area contributed by atoms with Crippen molar-refractivity contribution in [2.24, 2.45) is 0 Å². The minimum Gasteiger partial charge on any atom is -0.480 e. The van der Waals surface area contributed by atoms with E-state index in [0.717, 1.165) is 24.8 Å². The zero-order chi connectivity index (χ0) is 17.0. The van der Waals surface area contributed by atoms with Crippen molar-refractivity contribution in [3.63, 3.8) is 0 Å². The van der Waals surface area contributed by atoms with E-state index in [2.05, 4.69) is 15.4 Å². The van der Waals surface area contributed by atoms with E-state index >= 15 is 0 Å². The average molecular weight is 328 g/mol. The Morgan fingerprint density at radius 2 is 1.88 bits per heavy atom. The molecule has 2 N–H and O–H groups in total. The molecule has 1 aliphatic carbocycles. The summed E-state index contributed by atoms with van der Waals surface area (Å²) in [6, 6.07) is 7.09. The summed E-state index contributed by atoms with van der Waals surface area (Å²) in [5.74, 6) is -1.29. The van der Waals surface area contributed by atoms with Crippen LogP contribution in [0.1, 0.15) is 48.0 Å². The average Bonchev–Trinajstić information content (AvgIpc) is 3.09. The first-order valence-electron chi connectivity index (χ1n) is 8.06. The zero-order valence-electron chi connectivity index (χ0n) is 13.3. The molecule has 1 heterocycles. The van der Waals surface area contributed by atoms with Crippen LogP contribution in [-0.2, 0) is 11.3 Å². The van der Waals surface area contributed by atoms with E-state index in [0.29, 0.717) is 24.9 Å². The van der Waals surface area contributed by atoms with Crippen molar-refractivity contribution in [1.29, 1.82) is 0 Å². The molecule has 1 saturated carbocycles. The minimum absolute atomic E-state index is 0.341. The molecule has 126 valence electrons. The van der Waals surface area contributed by atoms with Crippen molar-refractivity contribution >= 4 is 11.9 Å². The van der Waals surface area contributed by atoms with Gasteiger partial charge in [-0.15, -0.1) is 0 Å². The standard InChI is InChI=1S/C17H20N4O3/c22-15(20-17(16(23)24)8-2-1-3-9-17)14-6-4-13(5-7-14)10-21-12-18-11-19-21/h4-7,11-12H,1-3,8-10H2,(H,20,22)(H,23,24). The summed E-state index contributed by atoms with van der Waals surface area (Å²) in [6.45, 7) is 0.570. The lowest BCUT2D eigenvalue weighted by Crippen LogP contribution is -2.55. The molecule has 1 aromatic heterocycles. The molecule has 24 heavy (non-hydrogen) atoms. The summed E-state index contributed by atoms with van der Waals surface area (Å²) >= 11 is 0. The number of nitrogens with zero attached hydrogens (tertiary/aromatic N) is 3. The maximum Gasteiger partial charge on any atom is 0.329 e. The van der Waals surface area contributed by atoms with Crippen molar-refractivity contribution in [3.8, 4) is 0 Å². The first kappa shape index (κ1) is 16.2. The number of carbonyl (C=O) groups excluding carboxylic acids is 1. The highest BCUT2D eigenvalue weighted by Crippen LogP contribution is 2.28.